The predicted molar refractivity (Wildman–Crippen MR) is 103 cm³/mol. The second-order valence-electron chi connectivity index (χ2n) is 5.93. The van der Waals surface area contributed by atoms with Crippen molar-refractivity contribution in [2.24, 2.45) is 0 Å². The number of carbonyl (C=O) groups excluding carboxylic acids is 1. The van der Waals surface area contributed by atoms with E-state index in [1.165, 1.54) is 24.3 Å². The highest BCUT2D eigenvalue weighted by atomic mass is 16.6. The van der Waals surface area contributed by atoms with Gasteiger partial charge in [-0.15, -0.1) is 0 Å². The number of fused-ring (bicyclic) bond motifs is 1. The molecule has 4 rings (SSSR count). The molecule has 0 aliphatic heterocycles. The Labute approximate surface area is 153 Å². The Hall–Kier alpha value is -4.00. The number of pyridine rings is 1. The number of benzene rings is 2. The molecule has 0 aliphatic rings. The Bertz CT molecular complexity index is 1130. The van der Waals surface area contributed by atoms with E-state index < -0.39 is 4.92 Å². The topological polar surface area (TPSA) is 101 Å². The molecule has 2 heterocycles. The molecule has 0 bridgehead atoms. The van der Waals surface area contributed by atoms with Crippen LogP contribution in [0, 0.1) is 10.1 Å². The number of amides is 1. The molecular weight excluding hydrogens is 344 g/mol. The van der Waals surface area contributed by atoms with Crippen LogP contribution in [0.4, 0.5) is 11.4 Å². The molecule has 1 amide bonds. The lowest BCUT2D eigenvalue weighted by molar-refractivity contribution is -0.384. The van der Waals surface area contributed by atoms with E-state index in [1.54, 1.807) is 6.20 Å². The Kier molecular flexibility index (Phi) is 4.10. The Balaban J connectivity index is 1.53. The lowest BCUT2D eigenvalue weighted by Crippen LogP contribution is -2.11. The molecule has 0 saturated heterocycles. The molecule has 7 heteroatoms. The summed E-state index contributed by atoms with van der Waals surface area (Å²) < 4.78 is 0. The molecule has 0 aliphatic carbocycles. The summed E-state index contributed by atoms with van der Waals surface area (Å²) >= 11 is 0. The lowest BCUT2D eigenvalue weighted by Gasteiger charge is -2.08. The van der Waals surface area contributed by atoms with Crippen LogP contribution in [-0.4, -0.2) is 20.8 Å². The van der Waals surface area contributed by atoms with Crippen molar-refractivity contribution in [3.05, 3.63) is 88.7 Å². The minimum absolute atomic E-state index is 0.0516. The maximum absolute atomic E-state index is 12.3. The van der Waals surface area contributed by atoms with Crippen molar-refractivity contribution >= 4 is 28.3 Å². The number of aromatic nitrogens is 2. The highest BCUT2D eigenvalue weighted by molar-refractivity contribution is 6.04. The highest BCUT2D eigenvalue weighted by Gasteiger charge is 2.10. The fourth-order valence-electron chi connectivity index (χ4n) is 2.88. The van der Waals surface area contributed by atoms with Gasteiger partial charge in [0.05, 0.1) is 4.92 Å². The van der Waals surface area contributed by atoms with Gasteiger partial charge in [-0.25, -0.2) is 4.98 Å². The van der Waals surface area contributed by atoms with E-state index in [0.717, 1.165) is 22.2 Å². The largest absolute Gasteiger partial charge is 0.346 e. The maximum atomic E-state index is 12.3. The number of anilines is 1. The molecule has 0 radical (unpaired) electrons. The summed E-state index contributed by atoms with van der Waals surface area (Å²) in [4.78, 5) is 29.8. The van der Waals surface area contributed by atoms with E-state index in [2.05, 4.69) is 15.3 Å². The normalized spacial score (nSPS) is 10.7. The Morgan fingerprint density at radius 3 is 2.44 bits per heavy atom. The number of nitrogens with one attached hydrogen (secondary N) is 2. The highest BCUT2D eigenvalue weighted by Crippen LogP contribution is 2.28. The van der Waals surface area contributed by atoms with E-state index in [1.807, 2.05) is 42.6 Å². The second kappa shape index (κ2) is 6.72. The first kappa shape index (κ1) is 16.5. The summed E-state index contributed by atoms with van der Waals surface area (Å²) in [7, 11) is 0. The molecule has 2 aromatic heterocycles. The number of non-ortho nitro benzene ring substituents is 1. The van der Waals surface area contributed by atoms with Crippen LogP contribution in [0.25, 0.3) is 22.2 Å². The smallest absolute Gasteiger partial charge is 0.269 e. The van der Waals surface area contributed by atoms with Gasteiger partial charge in [-0.1, -0.05) is 12.1 Å². The first-order chi connectivity index (χ1) is 13.1. The van der Waals surface area contributed by atoms with Crippen molar-refractivity contribution in [3.8, 4) is 11.1 Å². The van der Waals surface area contributed by atoms with Gasteiger partial charge in [-0.05, 0) is 47.5 Å². The third kappa shape index (κ3) is 3.25. The molecule has 0 unspecified atom stereocenters. The lowest BCUT2D eigenvalue weighted by atomic mass is 10.0. The second-order valence-corrected chi connectivity index (χ2v) is 5.93. The minimum Gasteiger partial charge on any atom is -0.346 e. The van der Waals surface area contributed by atoms with Crippen LogP contribution in [0.3, 0.4) is 0 Å². The minimum atomic E-state index is -0.499. The monoisotopic (exact) mass is 358 g/mol. The van der Waals surface area contributed by atoms with Gasteiger partial charge in [0.15, 0.2) is 0 Å². The molecule has 4 aromatic rings. The first-order valence-electron chi connectivity index (χ1n) is 8.20. The molecule has 7 nitrogen and oxygen atoms in total. The fraction of sp³-hybridized carbons (Fsp3) is 0. The van der Waals surface area contributed by atoms with Crippen LogP contribution >= 0.6 is 0 Å². The Morgan fingerprint density at radius 2 is 1.74 bits per heavy atom. The number of nitro benzene ring substituents is 1. The number of nitrogens with zero attached hydrogens (tertiary/aromatic N) is 2. The van der Waals surface area contributed by atoms with E-state index in [9.17, 15) is 14.9 Å². The average Bonchev–Trinajstić information content (AvgIpc) is 3.17. The van der Waals surface area contributed by atoms with E-state index in [4.69, 9.17) is 0 Å². The van der Waals surface area contributed by atoms with Crippen molar-refractivity contribution in [2.45, 2.75) is 0 Å². The summed E-state index contributed by atoms with van der Waals surface area (Å²) in [6, 6.07) is 16.9. The molecule has 0 spiro atoms. The summed E-state index contributed by atoms with van der Waals surface area (Å²) in [6.07, 6.45) is 3.60. The Morgan fingerprint density at radius 1 is 1.00 bits per heavy atom. The number of aromatic amines is 1. The molecule has 2 N–H and O–H groups in total. The van der Waals surface area contributed by atoms with E-state index >= 15 is 0 Å². The van der Waals surface area contributed by atoms with Gasteiger partial charge in [-0.2, -0.15) is 0 Å². The van der Waals surface area contributed by atoms with Crippen molar-refractivity contribution in [2.75, 3.05) is 5.32 Å². The molecular formula is C20H14N4O3. The number of hydrogen-bond acceptors (Lipinski definition) is 4. The summed E-state index contributed by atoms with van der Waals surface area (Å²) in [5, 5.41) is 14.5. The van der Waals surface area contributed by atoms with Gasteiger partial charge in [0.25, 0.3) is 11.6 Å². The van der Waals surface area contributed by atoms with Crippen LogP contribution in [0.2, 0.25) is 0 Å². The SMILES string of the molecule is O=C(Nc1ccc(-c2ccnc3[nH]ccc23)cc1)c1ccc([N+](=O)[O-])cc1. The van der Waals surface area contributed by atoms with E-state index in [-0.39, 0.29) is 11.6 Å². The molecule has 0 saturated carbocycles. The fourth-order valence-corrected chi connectivity index (χ4v) is 2.88. The molecule has 2 aromatic carbocycles. The zero-order chi connectivity index (χ0) is 18.8. The zero-order valence-corrected chi connectivity index (χ0v) is 14.0. The number of nitro groups is 1. The molecule has 0 fully saturated rings. The summed E-state index contributed by atoms with van der Waals surface area (Å²) in [5.41, 5.74) is 3.83. The van der Waals surface area contributed by atoms with Gasteiger partial charge in [0.2, 0.25) is 0 Å². The van der Waals surface area contributed by atoms with Crippen molar-refractivity contribution in [1.29, 1.82) is 0 Å². The van der Waals surface area contributed by atoms with Crippen molar-refractivity contribution in [1.82, 2.24) is 9.97 Å². The van der Waals surface area contributed by atoms with Gasteiger partial charge in [-0.3, -0.25) is 14.9 Å². The number of carbonyl (C=O) groups is 1. The zero-order valence-electron chi connectivity index (χ0n) is 14.0. The molecule has 27 heavy (non-hydrogen) atoms. The van der Waals surface area contributed by atoms with E-state index in [0.29, 0.717) is 11.3 Å². The number of rotatable bonds is 4. The third-order valence-electron chi connectivity index (χ3n) is 4.25. The summed E-state index contributed by atoms with van der Waals surface area (Å²) in [5.74, 6) is -0.324. The van der Waals surface area contributed by atoms with Crippen molar-refractivity contribution < 1.29 is 9.72 Å². The van der Waals surface area contributed by atoms with Gasteiger partial charge in [0, 0.05) is 41.2 Å². The van der Waals surface area contributed by atoms with Crippen molar-refractivity contribution in [3.63, 3.8) is 0 Å². The molecule has 132 valence electrons. The van der Waals surface area contributed by atoms with Crippen LogP contribution in [0.5, 0.6) is 0 Å². The maximum Gasteiger partial charge on any atom is 0.269 e. The standard InChI is InChI=1S/C20H14N4O3/c25-20(14-3-7-16(8-4-14)24(26)27)23-15-5-1-13(2-6-15)17-9-11-21-19-18(17)10-12-22-19/h1-12H,(H,21,22)(H,23,25). The number of H-pyrrole nitrogens is 1. The third-order valence-corrected chi connectivity index (χ3v) is 4.25. The van der Waals surface area contributed by atoms with Crippen LogP contribution in [0.1, 0.15) is 10.4 Å². The average molecular weight is 358 g/mol. The van der Waals surface area contributed by atoms with Gasteiger partial charge >= 0.3 is 0 Å². The predicted octanol–water partition coefficient (Wildman–Crippen LogP) is 4.39. The van der Waals surface area contributed by atoms with Gasteiger partial charge in [0.1, 0.15) is 5.65 Å². The quantitative estimate of drug-likeness (QED) is 0.417. The van der Waals surface area contributed by atoms with Crippen LogP contribution in [0.15, 0.2) is 73.1 Å². The van der Waals surface area contributed by atoms with Gasteiger partial charge < -0.3 is 10.3 Å². The number of hydrogen-bond donors (Lipinski definition) is 2. The summed E-state index contributed by atoms with van der Waals surface area (Å²) in [6.45, 7) is 0. The molecule has 0 atom stereocenters. The van der Waals surface area contributed by atoms with Crippen LogP contribution in [-0.2, 0) is 0 Å². The first-order valence-corrected chi connectivity index (χ1v) is 8.20. The van der Waals surface area contributed by atoms with Crippen LogP contribution < -0.4 is 5.32 Å².